The molecule has 3 aromatic rings. The largest absolute Gasteiger partial charge is 0.377 e. The van der Waals surface area contributed by atoms with Crippen molar-refractivity contribution >= 4 is 33.0 Å². The number of carbonyl (C=O) groups is 1. The Morgan fingerprint density at radius 2 is 1.76 bits per heavy atom. The van der Waals surface area contributed by atoms with Crippen LogP contribution in [0.3, 0.4) is 0 Å². The van der Waals surface area contributed by atoms with Crippen molar-refractivity contribution in [3.63, 3.8) is 0 Å². The second-order valence-electron chi connectivity index (χ2n) is 9.42. The molecular weight excluding hydrogens is 541 g/mol. The van der Waals surface area contributed by atoms with Gasteiger partial charge in [-0.2, -0.15) is 0 Å². The van der Waals surface area contributed by atoms with Gasteiger partial charge in [-0.3, -0.25) is 9.78 Å². The molecule has 5 rings (SSSR count). The van der Waals surface area contributed by atoms with Crippen molar-refractivity contribution in [1.82, 2.24) is 4.98 Å². The fourth-order valence-electron chi connectivity index (χ4n) is 5.40. The number of nitrogens with one attached hydrogen (secondary N) is 1. The van der Waals surface area contributed by atoms with Gasteiger partial charge in [0.1, 0.15) is 5.60 Å². The van der Waals surface area contributed by atoms with Crippen LogP contribution in [0.2, 0.25) is 5.02 Å². The number of amides is 1. The number of sulfone groups is 1. The maximum absolute atomic E-state index is 13.8. The van der Waals surface area contributed by atoms with Crippen LogP contribution in [-0.4, -0.2) is 35.3 Å². The molecule has 2 unspecified atom stereocenters. The molecule has 1 aromatic heterocycles. The average Bonchev–Trinajstić information content (AvgIpc) is 3.43. The molecule has 38 heavy (non-hydrogen) atoms. The molecule has 0 radical (unpaired) electrons. The van der Waals surface area contributed by atoms with Crippen LogP contribution in [0.5, 0.6) is 0 Å². The van der Waals surface area contributed by atoms with Crippen LogP contribution >= 0.6 is 11.6 Å². The Morgan fingerprint density at radius 1 is 1.08 bits per heavy atom. The van der Waals surface area contributed by atoms with Gasteiger partial charge in [-0.15, -0.1) is 0 Å². The smallest absolute Gasteiger partial charge is 0.255 e. The van der Waals surface area contributed by atoms with Crippen LogP contribution in [0.15, 0.2) is 59.8 Å². The second-order valence-corrected chi connectivity index (χ2v) is 11.9. The van der Waals surface area contributed by atoms with E-state index in [1.165, 1.54) is 12.1 Å². The molecule has 2 aromatic carbocycles. The van der Waals surface area contributed by atoms with Crippen LogP contribution in [0.4, 0.5) is 18.9 Å². The van der Waals surface area contributed by atoms with Gasteiger partial charge in [0.05, 0.1) is 15.2 Å². The minimum atomic E-state index is -4.13. The van der Waals surface area contributed by atoms with E-state index in [4.69, 9.17) is 11.6 Å². The molecule has 2 fully saturated rings. The summed E-state index contributed by atoms with van der Waals surface area (Å²) in [5, 5.41) is 12.5. The summed E-state index contributed by atoms with van der Waals surface area (Å²) in [6.45, 7) is 0. The van der Waals surface area contributed by atoms with Crippen LogP contribution in [0.25, 0.3) is 0 Å². The first-order valence-electron chi connectivity index (χ1n) is 11.6. The SMILES string of the molecule is O=C(Nc1cc(F)c(F)c(F)c1)c1ccc(Cl)c(S(=O)(=O)[C@@H]2C3CCC2[C@@](O)(C#Cc2ccncc2)C3)c1. The number of nitrogens with zero attached hydrogens (tertiary/aromatic N) is 1. The predicted molar refractivity (Wildman–Crippen MR) is 134 cm³/mol. The van der Waals surface area contributed by atoms with E-state index in [1.54, 1.807) is 24.5 Å². The number of carbonyl (C=O) groups excluding carboxylic acids is 1. The summed E-state index contributed by atoms with van der Waals surface area (Å²) in [5.41, 5.74) is -1.37. The molecule has 0 aliphatic heterocycles. The molecule has 1 heterocycles. The van der Waals surface area contributed by atoms with E-state index in [9.17, 15) is 31.5 Å². The molecule has 2 aliphatic rings. The quantitative estimate of drug-likeness (QED) is 0.354. The number of fused-ring (bicyclic) bond motifs is 2. The molecule has 2 bridgehead atoms. The van der Waals surface area contributed by atoms with Crippen molar-refractivity contribution < 1.29 is 31.5 Å². The van der Waals surface area contributed by atoms with Crippen LogP contribution in [0.1, 0.15) is 35.2 Å². The Kier molecular flexibility index (Phi) is 6.71. The molecule has 1 amide bonds. The standard InChI is InChI=1S/C27H20ClF3N2O4S/c28-20-4-2-16(26(34)33-18-12-21(29)24(31)22(30)13-18)11-23(20)38(36,37)25-17-1-3-19(25)27(35,14-17)8-5-15-6-9-32-10-7-15/h2,4,6-7,9-13,17,19,25,35H,1,3,14H2,(H,33,34)/t17?,19?,25-,27-/m1/s1. The molecule has 0 saturated heterocycles. The number of aliphatic hydroxyl groups is 1. The highest BCUT2D eigenvalue weighted by molar-refractivity contribution is 7.92. The number of hydrogen-bond donors (Lipinski definition) is 2. The Balaban J connectivity index is 1.43. The highest BCUT2D eigenvalue weighted by Gasteiger charge is 2.61. The molecule has 196 valence electrons. The third kappa shape index (κ3) is 4.66. The molecular formula is C27H20ClF3N2O4S. The van der Waals surface area contributed by atoms with Crippen LogP contribution < -0.4 is 5.32 Å². The first kappa shape index (κ1) is 26.2. The van der Waals surface area contributed by atoms with Gasteiger partial charge in [0.25, 0.3) is 5.91 Å². The molecule has 2 saturated carbocycles. The summed E-state index contributed by atoms with van der Waals surface area (Å²) < 4.78 is 67.9. The normalized spacial score (nSPS) is 24.1. The molecule has 6 nitrogen and oxygen atoms in total. The topological polar surface area (TPSA) is 96.4 Å². The highest BCUT2D eigenvalue weighted by atomic mass is 35.5. The van der Waals surface area contributed by atoms with Gasteiger partial charge in [0.15, 0.2) is 27.3 Å². The van der Waals surface area contributed by atoms with Gasteiger partial charge >= 0.3 is 0 Å². The van der Waals surface area contributed by atoms with Gasteiger partial charge < -0.3 is 10.4 Å². The van der Waals surface area contributed by atoms with Crippen molar-refractivity contribution in [1.29, 1.82) is 0 Å². The summed E-state index contributed by atoms with van der Waals surface area (Å²) >= 11 is 6.26. The zero-order chi connectivity index (χ0) is 27.2. The lowest BCUT2D eigenvalue weighted by molar-refractivity contribution is 0.0440. The maximum Gasteiger partial charge on any atom is 0.255 e. The monoisotopic (exact) mass is 560 g/mol. The second kappa shape index (κ2) is 9.73. The molecule has 11 heteroatoms. The molecule has 2 aliphatic carbocycles. The average molecular weight is 561 g/mol. The fourth-order valence-corrected chi connectivity index (χ4v) is 8.30. The van der Waals surface area contributed by atoms with Crippen molar-refractivity contribution in [3.05, 3.63) is 88.5 Å². The van der Waals surface area contributed by atoms with E-state index < -0.39 is 50.0 Å². The van der Waals surface area contributed by atoms with E-state index in [0.29, 0.717) is 30.5 Å². The van der Waals surface area contributed by atoms with E-state index in [1.807, 2.05) is 0 Å². The Hall–Kier alpha value is -3.39. The maximum atomic E-state index is 13.8. The minimum absolute atomic E-state index is 0.113. The summed E-state index contributed by atoms with van der Waals surface area (Å²) in [6.07, 6.45) is 4.36. The molecule has 0 spiro atoms. The summed E-state index contributed by atoms with van der Waals surface area (Å²) in [6, 6.07) is 8.16. The van der Waals surface area contributed by atoms with Gasteiger partial charge in [0.2, 0.25) is 0 Å². The minimum Gasteiger partial charge on any atom is -0.377 e. The van der Waals surface area contributed by atoms with Crippen molar-refractivity contribution in [2.45, 2.75) is 35.0 Å². The molecule has 2 N–H and O–H groups in total. The van der Waals surface area contributed by atoms with Gasteiger partial charge in [-0.05, 0) is 55.5 Å². The van der Waals surface area contributed by atoms with Gasteiger partial charge in [-0.25, -0.2) is 21.6 Å². The van der Waals surface area contributed by atoms with E-state index >= 15 is 0 Å². The number of rotatable bonds is 4. The predicted octanol–water partition coefficient (Wildman–Crippen LogP) is 4.76. The summed E-state index contributed by atoms with van der Waals surface area (Å²) in [7, 11) is -4.13. The lowest BCUT2D eigenvalue weighted by Crippen LogP contribution is -2.37. The lowest BCUT2D eigenvalue weighted by atomic mass is 9.84. The Bertz CT molecular complexity index is 1580. The van der Waals surface area contributed by atoms with Crippen LogP contribution in [-0.2, 0) is 9.84 Å². The fraction of sp³-hybridized carbons (Fsp3) is 0.259. The van der Waals surface area contributed by atoms with Crippen molar-refractivity contribution in [2.75, 3.05) is 5.32 Å². The van der Waals surface area contributed by atoms with E-state index in [-0.39, 0.29) is 33.5 Å². The molecule has 4 atom stereocenters. The van der Waals surface area contributed by atoms with Crippen LogP contribution in [0, 0.1) is 41.1 Å². The zero-order valence-electron chi connectivity index (χ0n) is 19.6. The number of hydrogen-bond acceptors (Lipinski definition) is 5. The number of aromatic nitrogens is 1. The first-order chi connectivity index (χ1) is 18.0. The van der Waals surface area contributed by atoms with Gasteiger partial charge in [0, 0.05) is 47.3 Å². The number of anilines is 1. The zero-order valence-corrected chi connectivity index (χ0v) is 21.2. The number of benzene rings is 2. The van der Waals surface area contributed by atoms with E-state index in [0.717, 1.165) is 6.07 Å². The first-order valence-corrected chi connectivity index (χ1v) is 13.6. The van der Waals surface area contributed by atoms with Gasteiger partial charge in [-0.1, -0.05) is 23.4 Å². The third-order valence-corrected chi connectivity index (χ3v) is 9.92. The lowest BCUT2D eigenvalue weighted by Gasteiger charge is -2.27. The Morgan fingerprint density at radius 3 is 2.45 bits per heavy atom. The van der Waals surface area contributed by atoms with Crippen molar-refractivity contribution in [2.24, 2.45) is 11.8 Å². The number of halogens is 4. The Labute approximate surface area is 221 Å². The van der Waals surface area contributed by atoms with E-state index in [2.05, 4.69) is 22.1 Å². The highest BCUT2D eigenvalue weighted by Crippen LogP contribution is 2.55. The number of pyridine rings is 1. The third-order valence-electron chi connectivity index (χ3n) is 7.10. The summed E-state index contributed by atoms with van der Waals surface area (Å²) in [5.74, 6) is -0.785. The summed E-state index contributed by atoms with van der Waals surface area (Å²) in [4.78, 5) is 16.4. The van der Waals surface area contributed by atoms with Crippen molar-refractivity contribution in [3.8, 4) is 11.8 Å².